The van der Waals surface area contributed by atoms with Gasteiger partial charge >= 0.3 is 0 Å². The van der Waals surface area contributed by atoms with Crippen LogP contribution in [0, 0.1) is 0 Å². The summed E-state index contributed by atoms with van der Waals surface area (Å²) in [5.41, 5.74) is 0.757. The molecule has 1 aromatic rings. The van der Waals surface area contributed by atoms with Crippen molar-refractivity contribution in [2.45, 2.75) is 18.7 Å². The summed E-state index contributed by atoms with van der Waals surface area (Å²) in [5, 5.41) is -0.515. The molecule has 1 atom stereocenters. The average molecular weight is 369 g/mol. The summed E-state index contributed by atoms with van der Waals surface area (Å²) in [5.74, 6) is -0.446. The van der Waals surface area contributed by atoms with Crippen molar-refractivity contribution in [1.29, 1.82) is 0 Å². The summed E-state index contributed by atoms with van der Waals surface area (Å²) in [4.78, 5) is 13.3. The maximum absolute atomic E-state index is 12.0. The van der Waals surface area contributed by atoms with Gasteiger partial charge in [-0.15, -0.1) is 0 Å². The molecule has 0 aromatic heterocycles. The van der Waals surface area contributed by atoms with E-state index in [1.807, 2.05) is 0 Å². The van der Waals surface area contributed by atoms with E-state index in [4.69, 9.17) is 11.6 Å². The molecule has 0 bridgehead atoms. The Morgan fingerprint density at radius 2 is 2.05 bits per heavy atom. The highest BCUT2D eigenvalue weighted by Gasteiger charge is 2.26. The zero-order valence-corrected chi connectivity index (χ0v) is 14.0. The van der Waals surface area contributed by atoms with E-state index in [0.717, 1.165) is 16.3 Å². The van der Waals surface area contributed by atoms with E-state index >= 15 is 0 Å². The summed E-state index contributed by atoms with van der Waals surface area (Å²) >= 11 is 9.36. The third-order valence-corrected chi connectivity index (χ3v) is 5.13. The van der Waals surface area contributed by atoms with Gasteiger partial charge in [0.2, 0.25) is 5.91 Å². The Morgan fingerprint density at radius 3 is 2.58 bits per heavy atom. The number of hydrogen-bond donors (Lipinski definition) is 0. The van der Waals surface area contributed by atoms with E-state index in [2.05, 4.69) is 15.9 Å². The molecular weight excluding hydrogens is 354 g/mol. The average Bonchev–Trinajstić information content (AvgIpc) is 2.30. The summed E-state index contributed by atoms with van der Waals surface area (Å²) < 4.78 is 23.6. The fraction of sp³-hybridized carbons (Fsp3) is 0.417. The van der Waals surface area contributed by atoms with Crippen LogP contribution in [0.15, 0.2) is 22.7 Å². The Bertz CT molecular complexity index is 589. The normalized spacial score (nSPS) is 13.1. The lowest BCUT2D eigenvalue weighted by Gasteiger charge is -2.21. The number of amides is 1. The van der Waals surface area contributed by atoms with Gasteiger partial charge in [-0.2, -0.15) is 0 Å². The van der Waals surface area contributed by atoms with Crippen molar-refractivity contribution in [1.82, 2.24) is 4.90 Å². The smallest absolute Gasteiger partial charge is 0.240 e. The molecule has 7 heteroatoms. The third kappa shape index (κ3) is 4.47. The van der Waals surface area contributed by atoms with Gasteiger partial charge in [0.15, 0.2) is 9.84 Å². The van der Waals surface area contributed by atoms with Crippen molar-refractivity contribution in [2.75, 3.05) is 13.3 Å². The van der Waals surface area contributed by atoms with Gasteiger partial charge in [-0.05, 0) is 30.7 Å². The highest BCUT2D eigenvalue weighted by molar-refractivity contribution is 9.10. The SMILES string of the molecule is CC(C(=O)N(C)Cc1cc(Br)ccc1Cl)S(C)(=O)=O. The molecule has 0 spiro atoms. The van der Waals surface area contributed by atoms with Crippen molar-refractivity contribution in [2.24, 2.45) is 0 Å². The van der Waals surface area contributed by atoms with Crippen LogP contribution in [0.2, 0.25) is 5.02 Å². The van der Waals surface area contributed by atoms with Crippen LogP contribution in [0.5, 0.6) is 0 Å². The predicted octanol–water partition coefficient (Wildman–Crippen LogP) is 2.49. The van der Waals surface area contributed by atoms with Crippen LogP contribution in [-0.2, 0) is 21.2 Å². The van der Waals surface area contributed by atoms with Crippen LogP contribution in [0.1, 0.15) is 12.5 Å². The summed E-state index contributed by atoms with van der Waals surface area (Å²) in [6.07, 6.45) is 1.05. The van der Waals surface area contributed by atoms with Crippen LogP contribution < -0.4 is 0 Å². The van der Waals surface area contributed by atoms with Gasteiger partial charge in [0.25, 0.3) is 0 Å². The van der Waals surface area contributed by atoms with Crippen LogP contribution >= 0.6 is 27.5 Å². The zero-order chi connectivity index (χ0) is 14.8. The lowest BCUT2D eigenvalue weighted by molar-refractivity contribution is -0.129. The standard InChI is InChI=1S/C12H15BrClNO3S/c1-8(19(3,17)18)12(16)15(2)7-9-6-10(13)4-5-11(9)14/h4-6,8H,7H2,1-3H3. The molecule has 0 fully saturated rings. The van der Waals surface area contributed by atoms with Crippen molar-refractivity contribution in [3.05, 3.63) is 33.3 Å². The molecule has 0 radical (unpaired) electrons. The first-order valence-corrected chi connectivity index (χ1v) is 8.63. The van der Waals surface area contributed by atoms with Crippen molar-refractivity contribution < 1.29 is 13.2 Å². The molecule has 0 aliphatic carbocycles. The molecular formula is C12H15BrClNO3S. The molecule has 0 saturated carbocycles. The Kier molecular flexibility index (Phi) is 5.41. The molecule has 19 heavy (non-hydrogen) atoms. The first kappa shape index (κ1) is 16.5. The third-order valence-electron chi connectivity index (χ3n) is 2.78. The second kappa shape index (κ2) is 6.24. The molecule has 106 valence electrons. The minimum atomic E-state index is -3.39. The lowest BCUT2D eigenvalue weighted by Crippen LogP contribution is -2.38. The quantitative estimate of drug-likeness (QED) is 0.820. The van der Waals surface area contributed by atoms with Gasteiger partial charge in [-0.25, -0.2) is 8.42 Å². The highest BCUT2D eigenvalue weighted by atomic mass is 79.9. The maximum atomic E-state index is 12.0. The van der Waals surface area contributed by atoms with Gasteiger partial charge in [0.05, 0.1) is 0 Å². The Labute approximate surface area is 126 Å². The Balaban J connectivity index is 2.88. The number of carbonyl (C=O) groups is 1. The van der Waals surface area contributed by atoms with Crippen LogP contribution in [-0.4, -0.2) is 37.8 Å². The molecule has 1 aromatic carbocycles. The molecule has 0 aliphatic heterocycles. The molecule has 0 N–H and O–H groups in total. The van der Waals surface area contributed by atoms with Crippen LogP contribution in [0.25, 0.3) is 0 Å². The van der Waals surface area contributed by atoms with E-state index < -0.39 is 21.0 Å². The molecule has 0 heterocycles. The fourth-order valence-electron chi connectivity index (χ4n) is 1.49. The largest absolute Gasteiger partial charge is 0.340 e. The number of sulfone groups is 1. The minimum Gasteiger partial charge on any atom is -0.340 e. The lowest BCUT2D eigenvalue weighted by atomic mass is 10.2. The predicted molar refractivity (Wildman–Crippen MR) is 79.9 cm³/mol. The monoisotopic (exact) mass is 367 g/mol. The molecule has 1 unspecified atom stereocenters. The number of nitrogens with zero attached hydrogens (tertiary/aromatic N) is 1. The molecule has 4 nitrogen and oxygen atoms in total. The number of halogens is 2. The molecule has 1 amide bonds. The topological polar surface area (TPSA) is 54.5 Å². The Hall–Kier alpha value is -0.590. The number of carbonyl (C=O) groups excluding carboxylic acids is 1. The summed E-state index contributed by atoms with van der Waals surface area (Å²) in [6, 6.07) is 5.32. The first-order valence-electron chi connectivity index (χ1n) is 5.50. The Morgan fingerprint density at radius 1 is 1.47 bits per heavy atom. The van der Waals surface area contributed by atoms with E-state index in [-0.39, 0.29) is 6.54 Å². The van der Waals surface area contributed by atoms with E-state index in [1.165, 1.54) is 11.8 Å². The second-order valence-electron chi connectivity index (χ2n) is 4.40. The molecule has 0 aliphatic rings. The highest BCUT2D eigenvalue weighted by Crippen LogP contribution is 2.22. The van der Waals surface area contributed by atoms with Crippen LogP contribution in [0.3, 0.4) is 0 Å². The van der Waals surface area contributed by atoms with E-state index in [9.17, 15) is 13.2 Å². The number of benzene rings is 1. The number of rotatable bonds is 4. The molecule has 1 rings (SSSR count). The number of hydrogen-bond acceptors (Lipinski definition) is 3. The van der Waals surface area contributed by atoms with Gasteiger partial charge in [-0.1, -0.05) is 27.5 Å². The van der Waals surface area contributed by atoms with Crippen LogP contribution in [0.4, 0.5) is 0 Å². The maximum Gasteiger partial charge on any atom is 0.240 e. The van der Waals surface area contributed by atoms with Gasteiger partial charge in [0.1, 0.15) is 5.25 Å². The summed E-state index contributed by atoms with van der Waals surface area (Å²) in [6.45, 7) is 1.65. The minimum absolute atomic E-state index is 0.261. The van der Waals surface area contributed by atoms with Crippen molar-refractivity contribution >= 4 is 43.3 Å². The fourth-order valence-corrected chi connectivity index (χ4v) is 2.62. The van der Waals surface area contributed by atoms with E-state index in [1.54, 1.807) is 25.2 Å². The van der Waals surface area contributed by atoms with Crippen molar-refractivity contribution in [3.63, 3.8) is 0 Å². The van der Waals surface area contributed by atoms with Gasteiger partial charge in [0, 0.05) is 29.3 Å². The molecule has 0 saturated heterocycles. The van der Waals surface area contributed by atoms with E-state index in [0.29, 0.717) is 5.02 Å². The van der Waals surface area contributed by atoms with Gasteiger partial charge in [-0.3, -0.25) is 4.79 Å². The van der Waals surface area contributed by atoms with Gasteiger partial charge < -0.3 is 4.90 Å². The summed E-state index contributed by atoms with van der Waals surface area (Å²) in [7, 11) is -1.83. The van der Waals surface area contributed by atoms with Crippen molar-refractivity contribution in [3.8, 4) is 0 Å². The zero-order valence-electron chi connectivity index (χ0n) is 10.9. The second-order valence-corrected chi connectivity index (χ2v) is 8.09. The first-order chi connectivity index (χ1) is 8.62.